The fraction of sp³-hybridized carbons (Fsp3) is 0.308. The zero-order valence-electron chi connectivity index (χ0n) is 26.1. The fourth-order valence-corrected chi connectivity index (χ4v) is 7.58. The number of nitrogen functional groups attached to an aromatic ring is 1. The van der Waals surface area contributed by atoms with Crippen molar-refractivity contribution in [3.05, 3.63) is 45.7 Å². The second kappa shape index (κ2) is 17.5. The van der Waals surface area contributed by atoms with Gasteiger partial charge in [0.2, 0.25) is 0 Å². The van der Waals surface area contributed by atoms with Crippen LogP contribution in [0.2, 0.25) is 0 Å². The number of carboxylic acids is 3. The summed E-state index contributed by atoms with van der Waals surface area (Å²) in [5.74, 6) is -6.55. The molecule has 0 aliphatic carbocycles. The summed E-state index contributed by atoms with van der Waals surface area (Å²) in [6.07, 6.45) is 2.75. The van der Waals surface area contributed by atoms with Gasteiger partial charge in [-0.1, -0.05) is 10.3 Å². The standard InChI is InChI=1S/C26H28N10O11S4/c1-46-35-13(11-7-50-25(27)30-11)17(37)32-15(20-28-9(22(40)41)3-5-48-20)19(39)34-26-31-12(8-51-26)14(36-47-2)18(38)33-16(24(44)45)21-29-10(23(42)43)4-6-49-21/h3-4,7-8,15-16,20-21,28-29H,5-6H2,1-2H3,(H2,27,30)(H,32,37)(H,33,38)(H,40,41)(H,42,43)(H,44,45)(H,31,34,39)/b35-13-,36-14-/t15-,16+,20-,21-/m1/s1. The lowest BCUT2D eigenvalue weighted by molar-refractivity contribution is -0.141. The molecule has 4 atom stereocenters. The van der Waals surface area contributed by atoms with Crippen LogP contribution < -0.4 is 32.3 Å². The van der Waals surface area contributed by atoms with Gasteiger partial charge in [-0.25, -0.2) is 24.4 Å². The number of aromatic nitrogens is 2. The summed E-state index contributed by atoms with van der Waals surface area (Å²) >= 11 is 4.02. The number of carbonyl (C=O) groups excluding carboxylic acids is 3. The van der Waals surface area contributed by atoms with Gasteiger partial charge in [-0.3, -0.25) is 14.4 Å². The van der Waals surface area contributed by atoms with Crippen LogP contribution in [-0.2, 0) is 38.4 Å². The van der Waals surface area contributed by atoms with Crippen LogP contribution >= 0.6 is 46.2 Å². The largest absolute Gasteiger partial charge is 0.480 e. The molecule has 2 aliphatic heterocycles. The quantitative estimate of drug-likeness (QED) is 0.0759. The van der Waals surface area contributed by atoms with Crippen molar-refractivity contribution in [2.75, 3.05) is 36.8 Å². The molecule has 0 saturated heterocycles. The van der Waals surface area contributed by atoms with E-state index in [2.05, 4.69) is 46.9 Å². The number of aliphatic carboxylic acids is 3. The van der Waals surface area contributed by atoms with Crippen LogP contribution in [0.5, 0.6) is 0 Å². The number of rotatable bonds is 15. The van der Waals surface area contributed by atoms with Crippen LogP contribution in [0.25, 0.3) is 0 Å². The van der Waals surface area contributed by atoms with Crippen molar-refractivity contribution < 1.29 is 53.8 Å². The fourth-order valence-electron chi connectivity index (χ4n) is 4.21. The van der Waals surface area contributed by atoms with Gasteiger partial charge in [0.1, 0.15) is 53.8 Å². The van der Waals surface area contributed by atoms with Gasteiger partial charge in [-0.2, -0.15) is 0 Å². The number of thiazole rings is 2. The van der Waals surface area contributed by atoms with E-state index in [0.717, 1.165) is 53.3 Å². The van der Waals surface area contributed by atoms with Gasteiger partial charge in [0, 0.05) is 22.3 Å². The maximum absolute atomic E-state index is 13.7. The molecule has 272 valence electrons. The lowest BCUT2D eigenvalue weighted by Gasteiger charge is -2.30. The topological polar surface area (TPSA) is 318 Å². The Bertz CT molecular complexity index is 1820. The molecule has 2 aromatic heterocycles. The van der Waals surface area contributed by atoms with Crippen molar-refractivity contribution in [2.24, 2.45) is 10.3 Å². The maximum Gasteiger partial charge on any atom is 0.351 e. The van der Waals surface area contributed by atoms with Crippen molar-refractivity contribution in [3.8, 4) is 0 Å². The van der Waals surface area contributed by atoms with Crippen molar-refractivity contribution in [3.63, 3.8) is 0 Å². The molecule has 0 saturated carbocycles. The van der Waals surface area contributed by atoms with E-state index in [0.29, 0.717) is 0 Å². The Labute approximate surface area is 303 Å². The van der Waals surface area contributed by atoms with E-state index in [1.165, 1.54) is 30.0 Å². The number of anilines is 2. The van der Waals surface area contributed by atoms with Crippen LogP contribution in [0.15, 0.2) is 44.6 Å². The van der Waals surface area contributed by atoms with Gasteiger partial charge in [0.05, 0.1) is 0 Å². The highest BCUT2D eigenvalue weighted by atomic mass is 32.2. The Hall–Kier alpha value is -5.40. The van der Waals surface area contributed by atoms with E-state index >= 15 is 0 Å². The minimum absolute atomic E-state index is 0.0565. The van der Waals surface area contributed by atoms with Crippen LogP contribution in [0.3, 0.4) is 0 Å². The summed E-state index contributed by atoms with van der Waals surface area (Å²) in [4.78, 5) is 93.3. The third-order valence-electron chi connectivity index (χ3n) is 6.45. The molecular formula is C26H28N10O11S4. The lowest BCUT2D eigenvalue weighted by atomic mass is 10.2. The summed E-state index contributed by atoms with van der Waals surface area (Å²) < 4.78 is 0. The SMILES string of the molecule is CO/N=C(\C(=O)N[C@H](C(=O)O)[C@@H]1NC(C(=O)O)=CCS1)c1csc(NC(=O)[C@@H](NC(=O)/C(=N\OC)c2csc(N)n2)[C@@H]2NC(C(=O)O)=CCS2)n1. The molecule has 25 heteroatoms. The molecule has 21 nitrogen and oxygen atoms in total. The number of nitrogens with zero attached hydrogens (tertiary/aromatic N) is 4. The van der Waals surface area contributed by atoms with Crippen LogP contribution in [0, 0.1) is 0 Å². The number of carbonyl (C=O) groups is 6. The second-order valence-corrected chi connectivity index (χ2v) is 13.8. The first-order valence-corrected chi connectivity index (χ1v) is 17.9. The minimum Gasteiger partial charge on any atom is -0.480 e. The molecule has 0 bridgehead atoms. The number of amides is 3. The first-order chi connectivity index (χ1) is 24.3. The second-order valence-electron chi connectivity index (χ2n) is 9.73. The predicted molar refractivity (Wildman–Crippen MR) is 186 cm³/mol. The Morgan fingerprint density at radius 3 is 1.78 bits per heavy atom. The van der Waals surface area contributed by atoms with E-state index in [-0.39, 0.29) is 50.3 Å². The van der Waals surface area contributed by atoms with Gasteiger partial charge >= 0.3 is 17.9 Å². The monoisotopic (exact) mass is 784 g/mol. The molecule has 10 N–H and O–H groups in total. The van der Waals surface area contributed by atoms with Gasteiger partial charge in [0.15, 0.2) is 27.7 Å². The van der Waals surface area contributed by atoms with Gasteiger partial charge in [-0.15, -0.1) is 46.2 Å². The molecule has 3 amide bonds. The number of oxime groups is 2. The zero-order chi connectivity index (χ0) is 37.2. The van der Waals surface area contributed by atoms with Crippen LogP contribution in [0.1, 0.15) is 11.4 Å². The first kappa shape index (κ1) is 38.4. The Kier molecular flexibility index (Phi) is 13.2. The lowest BCUT2D eigenvalue weighted by Crippen LogP contribution is -2.57. The number of hydrogen-bond acceptors (Lipinski definition) is 19. The highest BCUT2D eigenvalue weighted by Crippen LogP contribution is 2.24. The molecule has 51 heavy (non-hydrogen) atoms. The van der Waals surface area contributed by atoms with E-state index < -0.39 is 64.2 Å². The average Bonchev–Trinajstić information content (AvgIpc) is 3.75. The molecule has 0 unspecified atom stereocenters. The Morgan fingerprint density at radius 2 is 1.31 bits per heavy atom. The smallest absolute Gasteiger partial charge is 0.351 e. The highest BCUT2D eigenvalue weighted by molar-refractivity contribution is 8.00. The third kappa shape index (κ3) is 9.86. The number of nitrogens with one attached hydrogen (secondary N) is 5. The average molecular weight is 785 g/mol. The van der Waals surface area contributed by atoms with Crippen LogP contribution in [0.4, 0.5) is 10.3 Å². The Balaban J connectivity index is 1.55. The van der Waals surface area contributed by atoms with E-state index in [4.69, 9.17) is 15.4 Å². The van der Waals surface area contributed by atoms with Crippen molar-refractivity contribution in [1.29, 1.82) is 0 Å². The van der Waals surface area contributed by atoms with Crippen LogP contribution in [-0.4, -0.2) is 121 Å². The zero-order valence-corrected chi connectivity index (χ0v) is 29.4. The molecular weight excluding hydrogens is 757 g/mol. The highest BCUT2D eigenvalue weighted by Gasteiger charge is 2.37. The maximum atomic E-state index is 13.7. The molecule has 0 spiro atoms. The summed E-state index contributed by atoms with van der Waals surface area (Å²) in [7, 11) is 2.32. The summed E-state index contributed by atoms with van der Waals surface area (Å²) in [5, 5.41) is 49.3. The minimum atomic E-state index is -1.62. The van der Waals surface area contributed by atoms with Gasteiger partial charge in [-0.05, 0) is 12.2 Å². The number of nitrogens with two attached hydrogens (primary N) is 1. The molecule has 4 rings (SSSR count). The van der Waals surface area contributed by atoms with Crippen molar-refractivity contribution in [2.45, 2.75) is 22.8 Å². The molecule has 0 fully saturated rings. The predicted octanol–water partition coefficient (Wildman–Crippen LogP) is -1.16. The summed E-state index contributed by atoms with van der Waals surface area (Å²) in [5.41, 5.74) is 4.37. The number of carboxylic acid groups (broad SMARTS) is 3. The number of thioether (sulfide) groups is 2. The van der Waals surface area contributed by atoms with E-state index in [1.807, 2.05) is 0 Å². The summed E-state index contributed by atoms with van der Waals surface area (Å²) in [6, 6.07) is -3.08. The van der Waals surface area contributed by atoms with Gasteiger partial charge < -0.3 is 57.3 Å². The third-order valence-corrected chi connectivity index (χ3v) is 10.1. The molecule has 2 aliphatic rings. The number of hydrogen-bond donors (Lipinski definition) is 9. The first-order valence-electron chi connectivity index (χ1n) is 14.0. The molecule has 0 aromatic carbocycles. The summed E-state index contributed by atoms with van der Waals surface area (Å²) in [6.45, 7) is 0. The normalized spacial score (nSPS) is 18.7. The molecule has 0 radical (unpaired) electrons. The van der Waals surface area contributed by atoms with Crippen molar-refractivity contribution in [1.82, 2.24) is 31.2 Å². The van der Waals surface area contributed by atoms with Crippen molar-refractivity contribution >= 4 is 104 Å². The molecule has 4 heterocycles. The van der Waals surface area contributed by atoms with E-state index in [1.54, 1.807) is 0 Å². The molecule has 2 aromatic rings. The van der Waals surface area contributed by atoms with Gasteiger partial charge in [0.25, 0.3) is 17.7 Å². The van der Waals surface area contributed by atoms with E-state index in [9.17, 15) is 44.1 Å². The Morgan fingerprint density at radius 1 is 0.824 bits per heavy atom.